The molecular weight excluding hydrogens is 254 g/mol. The van der Waals surface area contributed by atoms with Gasteiger partial charge in [0.05, 0.1) is 10.7 Å². The predicted molar refractivity (Wildman–Crippen MR) is 81.4 cm³/mol. The Kier molecular flexibility index (Phi) is 5.51. The summed E-state index contributed by atoms with van der Waals surface area (Å²) in [5.41, 5.74) is 8.53. The van der Waals surface area contributed by atoms with Gasteiger partial charge in [0.15, 0.2) is 0 Å². The molecule has 1 aromatic heterocycles. The normalized spacial score (nSPS) is 12.5. The van der Waals surface area contributed by atoms with Crippen LogP contribution in [0.5, 0.6) is 0 Å². The molecule has 0 bridgehead atoms. The molecule has 0 aliphatic heterocycles. The molecule has 0 fully saturated rings. The third-order valence-electron chi connectivity index (χ3n) is 3.08. The van der Waals surface area contributed by atoms with Crippen molar-refractivity contribution >= 4 is 11.3 Å². The van der Waals surface area contributed by atoms with Gasteiger partial charge in [-0.05, 0) is 25.5 Å². The summed E-state index contributed by atoms with van der Waals surface area (Å²) in [6.07, 6.45) is 1.95. The Labute approximate surface area is 118 Å². The number of aromatic nitrogens is 1. The number of rotatable bonds is 7. The number of nitrogens with one attached hydrogen (secondary N) is 1. The van der Waals surface area contributed by atoms with E-state index in [9.17, 15) is 0 Å². The Hall–Kier alpha value is -1.23. The first-order valence-corrected chi connectivity index (χ1v) is 7.56. The van der Waals surface area contributed by atoms with Crippen LogP contribution < -0.4 is 11.1 Å². The van der Waals surface area contributed by atoms with E-state index < -0.39 is 0 Å². The summed E-state index contributed by atoms with van der Waals surface area (Å²) in [5, 5.41) is 6.70. The van der Waals surface area contributed by atoms with Crippen LogP contribution in [0.15, 0.2) is 35.7 Å². The van der Waals surface area contributed by atoms with Crippen molar-refractivity contribution in [1.82, 2.24) is 10.3 Å². The van der Waals surface area contributed by atoms with E-state index in [0.717, 1.165) is 30.9 Å². The Balaban J connectivity index is 1.62. The van der Waals surface area contributed by atoms with E-state index >= 15 is 0 Å². The fourth-order valence-electron chi connectivity index (χ4n) is 1.99. The lowest BCUT2D eigenvalue weighted by Crippen LogP contribution is -2.23. The summed E-state index contributed by atoms with van der Waals surface area (Å²) >= 11 is 1.71. The second-order valence-corrected chi connectivity index (χ2v) is 5.73. The number of hydrogen-bond donors (Lipinski definition) is 2. The SMILES string of the molecule is Cc1nc(CCNCCC(N)c2ccccc2)cs1. The highest BCUT2D eigenvalue weighted by atomic mass is 32.1. The first-order chi connectivity index (χ1) is 9.25. The first kappa shape index (κ1) is 14.2. The van der Waals surface area contributed by atoms with Gasteiger partial charge in [0, 0.05) is 24.4 Å². The molecule has 1 aromatic carbocycles. The minimum absolute atomic E-state index is 0.121. The van der Waals surface area contributed by atoms with Crippen molar-refractivity contribution in [3.05, 3.63) is 52.0 Å². The maximum atomic E-state index is 6.14. The number of nitrogens with zero attached hydrogens (tertiary/aromatic N) is 1. The van der Waals surface area contributed by atoms with E-state index in [1.54, 1.807) is 11.3 Å². The maximum absolute atomic E-state index is 6.14. The van der Waals surface area contributed by atoms with Crippen molar-refractivity contribution in [1.29, 1.82) is 0 Å². The molecule has 1 unspecified atom stereocenters. The third-order valence-corrected chi connectivity index (χ3v) is 3.91. The molecule has 0 saturated carbocycles. The fourth-order valence-corrected chi connectivity index (χ4v) is 2.64. The monoisotopic (exact) mass is 275 g/mol. The number of hydrogen-bond acceptors (Lipinski definition) is 4. The molecule has 2 rings (SSSR count). The van der Waals surface area contributed by atoms with Gasteiger partial charge >= 0.3 is 0 Å². The van der Waals surface area contributed by atoms with E-state index in [4.69, 9.17) is 5.73 Å². The average Bonchev–Trinajstić information content (AvgIpc) is 2.85. The lowest BCUT2D eigenvalue weighted by molar-refractivity contribution is 0.579. The van der Waals surface area contributed by atoms with Crippen LogP contribution >= 0.6 is 11.3 Å². The quantitative estimate of drug-likeness (QED) is 0.764. The second-order valence-electron chi connectivity index (χ2n) is 4.66. The molecule has 0 aliphatic rings. The Morgan fingerprint density at radius 2 is 2.05 bits per heavy atom. The van der Waals surface area contributed by atoms with Gasteiger partial charge in [-0.15, -0.1) is 11.3 Å². The van der Waals surface area contributed by atoms with Gasteiger partial charge in [0.25, 0.3) is 0 Å². The minimum Gasteiger partial charge on any atom is -0.324 e. The van der Waals surface area contributed by atoms with Gasteiger partial charge in [-0.25, -0.2) is 4.98 Å². The molecule has 2 aromatic rings. The molecule has 0 amide bonds. The third kappa shape index (κ3) is 4.74. The van der Waals surface area contributed by atoms with Gasteiger partial charge in [0.1, 0.15) is 0 Å². The Bertz CT molecular complexity index is 481. The summed E-state index contributed by atoms with van der Waals surface area (Å²) in [5.74, 6) is 0. The van der Waals surface area contributed by atoms with Crippen molar-refractivity contribution in [3.8, 4) is 0 Å². The van der Waals surface area contributed by atoms with Crippen molar-refractivity contribution in [2.75, 3.05) is 13.1 Å². The molecule has 3 N–H and O–H groups in total. The van der Waals surface area contributed by atoms with E-state index in [-0.39, 0.29) is 6.04 Å². The highest BCUT2D eigenvalue weighted by molar-refractivity contribution is 7.09. The fraction of sp³-hybridized carbons (Fsp3) is 0.400. The lowest BCUT2D eigenvalue weighted by atomic mass is 10.1. The predicted octanol–water partition coefficient (Wildman–Crippen LogP) is 2.67. The summed E-state index contributed by atoms with van der Waals surface area (Å²) in [4.78, 5) is 4.44. The molecule has 0 aliphatic carbocycles. The average molecular weight is 275 g/mol. The van der Waals surface area contributed by atoms with Crippen molar-refractivity contribution in [2.24, 2.45) is 5.73 Å². The summed E-state index contributed by atoms with van der Waals surface area (Å²) < 4.78 is 0. The Morgan fingerprint density at radius 3 is 2.74 bits per heavy atom. The number of thiazole rings is 1. The lowest BCUT2D eigenvalue weighted by Gasteiger charge is -2.12. The van der Waals surface area contributed by atoms with Crippen molar-refractivity contribution in [2.45, 2.75) is 25.8 Å². The molecule has 19 heavy (non-hydrogen) atoms. The summed E-state index contributed by atoms with van der Waals surface area (Å²) in [7, 11) is 0. The van der Waals surface area contributed by atoms with Crippen molar-refractivity contribution in [3.63, 3.8) is 0 Å². The zero-order valence-corrected chi connectivity index (χ0v) is 12.1. The topological polar surface area (TPSA) is 50.9 Å². The smallest absolute Gasteiger partial charge is 0.0897 e. The van der Waals surface area contributed by atoms with E-state index in [2.05, 4.69) is 27.8 Å². The van der Waals surface area contributed by atoms with E-state index in [1.807, 2.05) is 25.1 Å². The number of benzene rings is 1. The van der Waals surface area contributed by atoms with E-state index in [1.165, 1.54) is 11.3 Å². The van der Waals surface area contributed by atoms with Gasteiger partial charge in [-0.1, -0.05) is 30.3 Å². The summed E-state index contributed by atoms with van der Waals surface area (Å²) in [6, 6.07) is 10.4. The van der Waals surface area contributed by atoms with Gasteiger partial charge in [-0.2, -0.15) is 0 Å². The van der Waals surface area contributed by atoms with Crippen LogP contribution in [0.25, 0.3) is 0 Å². The second kappa shape index (κ2) is 7.38. The molecule has 4 heteroatoms. The largest absolute Gasteiger partial charge is 0.324 e. The molecule has 0 spiro atoms. The van der Waals surface area contributed by atoms with Crippen LogP contribution in [0.4, 0.5) is 0 Å². The van der Waals surface area contributed by atoms with Crippen LogP contribution in [-0.2, 0) is 6.42 Å². The van der Waals surface area contributed by atoms with Gasteiger partial charge < -0.3 is 11.1 Å². The highest BCUT2D eigenvalue weighted by Crippen LogP contribution is 2.12. The molecular formula is C15H21N3S. The van der Waals surface area contributed by atoms with Crippen LogP contribution in [0.1, 0.15) is 28.7 Å². The zero-order valence-electron chi connectivity index (χ0n) is 11.3. The zero-order chi connectivity index (χ0) is 13.5. The van der Waals surface area contributed by atoms with Crippen molar-refractivity contribution < 1.29 is 0 Å². The molecule has 1 heterocycles. The number of aryl methyl sites for hydroxylation is 1. The molecule has 0 saturated heterocycles. The maximum Gasteiger partial charge on any atom is 0.0897 e. The van der Waals surface area contributed by atoms with Crippen LogP contribution in [0, 0.1) is 6.92 Å². The van der Waals surface area contributed by atoms with Gasteiger partial charge in [0.2, 0.25) is 0 Å². The molecule has 3 nitrogen and oxygen atoms in total. The Morgan fingerprint density at radius 1 is 1.26 bits per heavy atom. The van der Waals surface area contributed by atoms with Crippen LogP contribution in [0.3, 0.4) is 0 Å². The van der Waals surface area contributed by atoms with Crippen LogP contribution in [0.2, 0.25) is 0 Å². The van der Waals surface area contributed by atoms with Crippen LogP contribution in [-0.4, -0.2) is 18.1 Å². The molecule has 102 valence electrons. The van der Waals surface area contributed by atoms with E-state index in [0.29, 0.717) is 0 Å². The highest BCUT2D eigenvalue weighted by Gasteiger charge is 2.04. The minimum atomic E-state index is 0.121. The summed E-state index contributed by atoms with van der Waals surface area (Å²) in [6.45, 7) is 3.95. The van der Waals surface area contributed by atoms with Gasteiger partial charge in [-0.3, -0.25) is 0 Å². The first-order valence-electron chi connectivity index (χ1n) is 6.68. The molecule has 1 atom stereocenters. The number of nitrogens with two attached hydrogens (primary N) is 1. The standard InChI is InChI=1S/C15H21N3S/c1-12-18-14(11-19-12)7-9-17-10-8-15(16)13-5-3-2-4-6-13/h2-6,11,15,17H,7-10,16H2,1H3. The molecule has 0 radical (unpaired) electrons.